The Morgan fingerprint density at radius 3 is 2.62 bits per heavy atom. The van der Waals surface area contributed by atoms with Gasteiger partial charge in [-0.15, -0.1) is 0 Å². The van der Waals surface area contributed by atoms with Crippen LogP contribution in [-0.2, 0) is 15.5 Å². The minimum atomic E-state index is -0.541. The molecular weight excluding hydrogens is 220 g/mol. The molecule has 0 N–H and O–H groups in total. The minimum absolute atomic E-state index is 0.452. The highest BCUT2D eigenvalue weighted by Gasteiger charge is 2.31. The molecule has 94 valence electrons. The topological polar surface area (TPSA) is 26.3 Å². The van der Waals surface area contributed by atoms with Gasteiger partial charge in [-0.2, -0.15) is 0 Å². The van der Waals surface area contributed by atoms with Crippen molar-refractivity contribution >= 4 is 10.8 Å². The van der Waals surface area contributed by atoms with Crippen LogP contribution in [0.3, 0.4) is 0 Å². The maximum absolute atomic E-state index is 11.4. The lowest BCUT2D eigenvalue weighted by atomic mass is 9.76. The third-order valence-electron chi connectivity index (χ3n) is 3.67. The molecule has 0 bridgehead atoms. The van der Waals surface area contributed by atoms with Crippen LogP contribution in [0.1, 0.15) is 46.0 Å². The SMILES string of the molecule is C/C=C/OCCCC1(CC)CCS(=O)CC1. The number of allylic oxidation sites excluding steroid dienone is 1. The Labute approximate surface area is 102 Å². The summed E-state index contributed by atoms with van der Waals surface area (Å²) in [4.78, 5) is 0. The van der Waals surface area contributed by atoms with E-state index in [1.165, 1.54) is 12.8 Å². The Hall–Kier alpha value is -0.310. The van der Waals surface area contributed by atoms with Crippen LogP contribution >= 0.6 is 0 Å². The molecule has 0 aromatic heterocycles. The van der Waals surface area contributed by atoms with Gasteiger partial charge in [-0.3, -0.25) is 4.21 Å². The summed E-state index contributed by atoms with van der Waals surface area (Å²) in [5, 5.41) is 0. The van der Waals surface area contributed by atoms with Crippen molar-refractivity contribution < 1.29 is 8.95 Å². The van der Waals surface area contributed by atoms with Gasteiger partial charge in [-0.05, 0) is 38.0 Å². The first-order valence-corrected chi connectivity index (χ1v) is 7.79. The number of hydrogen-bond donors (Lipinski definition) is 0. The van der Waals surface area contributed by atoms with Crippen LogP contribution in [0.5, 0.6) is 0 Å². The van der Waals surface area contributed by atoms with E-state index in [2.05, 4.69) is 6.92 Å². The Bertz CT molecular complexity index is 238. The third-order valence-corrected chi connectivity index (χ3v) is 4.99. The first-order chi connectivity index (χ1) is 7.72. The summed E-state index contributed by atoms with van der Waals surface area (Å²) >= 11 is 0. The molecule has 1 rings (SSSR count). The molecule has 1 aliphatic heterocycles. The summed E-state index contributed by atoms with van der Waals surface area (Å²) in [5.41, 5.74) is 0.452. The lowest BCUT2D eigenvalue weighted by Crippen LogP contribution is -2.30. The van der Waals surface area contributed by atoms with Gasteiger partial charge >= 0.3 is 0 Å². The summed E-state index contributed by atoms with van der Waals surface area (Å²) in [7, 11) is -0.541. The molecule has 0 atom stereocenters. The van der Waals surface area contributed by atoms with Gasteiger partial charge < -0.3 is 4.74 Å². The van der Waals surface area contributed by atoms with E-state index in [1.54, 1.807) is 6.26 Å². The second-order valence-corrected chi connectivity index (χ2v) is 6.34. The van der Waals surface area contributed by atoms with E-state index < -0.39 is 10.8 Å². The number of hydrogen-bond acceptors (Lipinski definition) is 2. The van der Waals surface area contributed by atoms with Crippen LogP contribution in [0.2, 0.25) is 0 Å². The normalized spacial score (nSPS) is 30.8. The maximum atomic E-state index is 11.4. The third kappa shape index (κ3) is 4.28. The summed E-state index contributed by atoms with van der Waals surface area (Å²) in [5.74, 6) is 1.81. The van der Waals surface area contributed by atoms with E-state index >= 15 is 0 Å². The van der Waals surface area contributed by atoms with Crippen molar-refractivity contribution in [3.63, 3.8) is 0 Å². The molecule has 1 aliphatic rings. The van der Waals surface area contributed by atoms with Crippen molar-refractivity contribution in [2.24, 2.45) is 5.41 Å². The molecule has 1 heterocycles. The van der Waals surface area contributed by atoms with E-state index in [1.807, 2.05) is 13.0 Å². The van der Waals surface area contributed by atoms with E-state index in [-0.39, 0.29) is 0 Å². The van der Waals surface area contributed by atoms with Crippen molar-refractivity contribution in [1.29, 1.82) is 0 Å². The van der Waals surface area contributed by atoms with Crippen molar-refractivity contribution in [3.05, 3.63) is 12.3 Å². The van der Waals surface area contributed by atoms with Crippen LogP contribution in [0.4, 0.5) is 0 Å². The van der Waals surface area contributed by atoms with Crippen LogP contribution < -0.4 is 0 Å². The average molecular weight is 244 g/mol. The van der Waals surface area contributed by atoms with Gasteiger partial charge in [0.1, 0.15) is 0 Å². The van der Waals surface area contributed by atoms with E-state index in [9.17, 15) is 4.21 Å². The van der Waals surface area contributed by atoms with E-state index in [4.69, 9.17) is 4.74 Å². The monoisotopic (exact) mass is 244 g/mol. The highest BCUT2D eigenvalue weighted by atomic mass is 32.2. The van der Waals surface area contributed by atoms with Crippen LogP contribution in [-0.4, -0.2) is 22.3 Å². The fourth-order valence-electron chi connectivity index (χ4n) is 2.36. The molecule has 1 fully saturated rings. The van der Waals surface area contributed by atoms with E-state index in [0.29, 0.717) is 5.41 Å². The molecule has 0 aliphatic carbocycles. The molecule has 3 heteroatoms. The quantitative estimate of drug-likeness (QED) is 0.529. The molecule has 1 saturated heterocycles. The molecule has 0 unspecified atom stereocenters. The molecule has 0 spiro atoms. The van der Waals surface area contributed by atoms with Gasteiger partial charge in [0, 0.05) is 22.3 Å². The van der Waals surface area contributed by atoms with Gasteiger partial charge in [0.15, 0.2) is 0 Å². The summed E-state index contributed by atoms with van der Waals surface area (Å²) in [6.45, 7) is 5.04. The van der Waals surface area contributed by atoms with Gasteiger partial charge in [-0.1, -0.05) is 19.4 Å². The fourth-order valence-corrected chi connectivity index (χ4v) is 3.89. The first kappa shape index (κ1) is 13.8. The summed E-state index contributed by atoms with van der Waals surface area (Å²) < 4.78 is 16.7. The average Bonchev–Trinajstić information content (AvgIpc) is 2.32. The second-order valence-electron chi connectivity index (χ2n) is 4.65. The lowest BCUT2D eigenvalue weighted by molar-refractivity contribution is 0.177. The molecule has 0 saturated carbocycles. The Morgan fingerprint density at radius 2 is 2.06 bits per heavy atom. The predicted molar refractivity (Wildman–Crippen MR) is 69.8 cm³/mol. The van der Waals surface area contributed by atoms with Crippen LogP contribution in [0.15, 0.2) is 12.3 Å². The largest absolute Gasteiger partial charge is 0.502 e. The molecule has 0 aromatic rings. The second kappa shape index (κ2) is 7.10. The zero-order chi connectivity index (χ0) is 11.9. The zero-order valence-corrected chi connectivity index (χ0v) is 11.4. The first-order valence-electron chi connectivity index (χ1n) is 6.30. The Kier molecular flexibility index (Phi) is 6.10. The van der Waals surface area contributed by atoms with Gasteiger partial charge in [0.25, 0.3) is 0 Å². The fraction of sp³-hybridized carbons (Fsp3) is 0.846. The molecular formula is C13H24O2S. The Morgan fingerprint density at radius 1 is 1.38 bits per heavy atom. The van der Waals surface area contributed by atoms with Gasteiger partial charge in [0.2, 0.25) is 0 Å². The van der Waals surface area contributed by atoms with Crippen molar-refractivity contribution in [1.82, 2.24) is 0 Å². The summed E-state index contributed by atoms with van der Waals surface area (Å²) in [6, 6.07) is 0. The number of rotatable bonds is 6. The highest BCUT2D eigenvalue weighted by Crippen LogP contribution is 2.39. The smallest absolute Gasteiger partial charge is 0.0873 e. The molecule has 0 amide bonds. The molecule has 0 radical (unpaired) electrons. The number of ether oxygens (including phenoxy) is 1. The van der Waals surface area contributed by atoms with Crippen LogP contribution in [0.25, 0.3) is 0 Å². The van der Waals surface area contributed by atoms with Gasteiger partial charge in [-0.25, -0.2) is 0 Å². The standard InChI is InChI=1S/C13H24O2S/c1-3-9-15-10-5-6-13(4-2)7-11-16(14)12-8-13/h3,9H,4-8,10-12H2,1-2H3/b9-3+. The predicted octanol–water partition coefficient (Wildman–Crippen LogP) is 3.26. The summed E-state index contributed by atoms with van der Waals surface area (Å²) in [6.07, 6.45) is 9.50. The molecule has 2 nitrogen and oxygen atoms in total. The molecule has 16 heavy (non-hydrogen) atoms. The maximum Gasteiger partial charge on any atom is 0.0873 e. The van der Waals surface area contributed by atoms with E-state index in [0.717, 1.165) is 37.4 Å². The van der Waals surface area contributed by atoms with Crippen LogP contribution in [0, 0.1) is 5.41 Å². The van der Waals surface area contributed by atoms with Crippen molar-refractivity contribution in [2.75, 3.05) is 18.1 Å². The Balaban J connectivity index is 2.28. The zero-order valence-electron chi connectivity index (χ0n) is 10.5. The molecule has 0 aromatic carbocycles. The van der Waals surface area contributed by atoms with Crippen molar-refractivity contribution in [2.45, 2.75) is 46.0 Å². The highest BCUT2D eigenvalue weighted by molar-refractivity contribution is 7.85. The lowest BCUT2D eigenvalue weighted by Gasteiger charge is -2.36. The minimum Gasteiger partial charge on any atom is -0.502 e. The van der Waals surface area contributed by atoms with Crippen molar-refractivity contribution in [3.8, 4) is 0 Å². The van der Waals surface area contributed by atoms with Gasteiger partial charge in [0.05, 0.1) is 12.9 Å².